The maximum absolute atomic E-state index is 13.1. The van der Waals surface area contributed by atoms with E-state index < -0.39 is 6.04 Å². The highest BCUT2D eigenvalue weighted by Crippen LogP contribution is 2.20. The van der Waals surface area contributed by atoms with Crippen molar-refractivity contribution in [3.8, 4) is 11.5 Å². The van der Waals surface area contributed by atoms with Crippen LogP contribution in [0.2, 0.25) is 0 Å². The number of ether oxygens (including phenoxy) is 2. The minimum atomic E-state index is -0.518. The van der Waals surface area contributed by atoms with Crippen LogP contribution in [0, 0.1) is 0 Å². The number of thioether (sulfide) groups is 1. The van der Waals surface area contributed by atoms with Gasteiger partial charge in [0.05, 0.1) is 20.0 Å². The molecule has 0 bridgehead atoms. The van der Waals surface area contributed by atoms with Crippen LogP contribution in [0.25, 0.3) is 0 Å². The Morgan fingerprint density at radius 1 is 1.03 bits per heavy atom. The zero-order chi connectivity index (χ0) is 21.9. The second-order valence-electron chi connectivity index (χ2n) is 6.75. The number of nitrogens with one attached hydrogen (secondary N) is 1. The molecule has 0 aliphatic carbocycles. The first-order valence-corrected chi connectivity index (χ1v) is 11.0. The molecule has 0 radical (unpaired) electrons. The van der Waals surface area contributed by atoms with Crippen LogP contribution in [0.4, 0.5) is 0 Å². The zero-order valence-electron chi connectivity index (χ0n) is 18.0. The topological polar surface area (TPSA) is 67.9 Å². The largest absolute Gasteiger partial charge is 0.497 e. The highest BCUT2D eigenvalue weighted by molar-refractivity contribution is 7.99. The lowest BCUT2D eigenvalue weighted by atomic mass is 10.1. The average Bonchev–Trinajstić information content (AvgIpc) is 2.79. The molecule has 0 saturated carbocycles. The Kier molecular flexibility index (Phi) is 9.54. The first-order chi connectivity index (χ1) is 14.5. The minimum absolute atomic E-state index is 0.0632. The Bertz CT molecular complexity index is 826. The van der Waals surface area contributed by atoms with Gasteiger partial charge < -0.3 is 19.7 Å². The number of benzene rings is 2. The third-order valence-corrected chi connectivity index (χ3v) is 5.76. The number of nitrogens with zero attached hydrogens (tertiary/aromatic N) is 1. The number of hydrogen-bond donors (Lipinski definition) is 1. The molecular weight excluding hydrogens is 400 g/mol. The van der Waals surface area contributed by atoms with Gasteiger partial charge in [-0.25, -0.2) is 0 Å². The molecule has 2 amide bonds. The molecule has 7 heteroatoms. The summed E-state index contributed by atoms with van der Waals surface area (Å²) in [4.78, 5) is 27.2. The van der Waals surface area contributed by atoms with Crippen molar-refractivity contribution in [2.45, 2.75) is 31.7 Å². The number of likely N-dealkylation sites (N-methyl/N-ethyl adjacent to an activating group) is 1. The molecule has 0 aromatic heterocycles. The van der Waals surface area contributed by atoms with Gasteiger partial charge in [-0.15, -0.1) is 11.8 Å². The molecule has 2 rings (SSSR count). The Balaban J connectivity index is 2.09. The summed E-state index contributed by atoms with van der Waals surface area (Å²) in [6.45, 7) is 2.27. The number of hydrogen-bond acceptors (Lipinski definition) is 5. The van der Waals surface area contributed by atoms with Gasteiger partial charge in [0.25, 0.3) is 0 Å². The molecule has 0 heterocycles. The first kappa shape index (κ1) is 23.6. The van der Waals surface area contributed by atoms with E-state index in [-0.39, 0.29) is 11.8 Å². The quantitative estimate of drug-likeness (QED) is 0.591. The lowest BCUT2D eigenvalue weighted by Crippen LogP contribution is -2.48. The average molecular weight is 431 g/mol. The standard InChI is InChI=1S/C23H30N2O4S/c1-5-21(23(27)24-2)25(14-18-7-6-8-20(13-18)29-4)22(26)16-30-15-17-9-11-19(28-3)12-10-17/h6-13,21H,5,14-16H2,1-4H3,(H,24,27)/t21-/m1/s1. The van der Waals surface area contributed by atoms with Crippen molar-refractivity contribution in [2.75, 3.05) is 27.0 Å². The number of carbonyl (C=O) groups is 2. The third kappa shape index (κ3) is 6.69. The lowest BCUT2D eigenvalue weighted by Gasteiger charge is -2.30. The van der Waals surface area contributed by atoms with Gasteiger partial charge >= 0.3 is 0 Å². The minimum Gasteiger partial charge on any atom is -0.497 e. The van der Waals surface area contributed by atoms with Gasteiger partial charge in [0.15, 0.2) is 0 Å². The van der Waals surface area contributed by atoms with Crippen molar-refractivity contribution in [3.05, 3.63) is 59.7 Å². The molecule has 0 saturated heterocycles. The van der Waals surface area contributed by atoms with Crippen molar-refractivity contribution in [2.24, 2.45) is 0 Å². The fourth-order valence-corrected chi connectivity index (χ4v) is 3.99. The SMILES string of the molecule is CC[C@H](C(=O)NC)N(Cc1cccc(OC)c1)C(=O)CSCc1ccc(OC)cc1. The van der Waals surface area contributed by atoms with E-state index in [1.165, 1.54) is 11.8 Å². The van der Waals surface area contributed by atoms with E-state index in [1.54, 1.807) is 26.2 Å². The molecular formula is C23H30N2O4S. The summed E-state index contributed by atoms with van der Waals surface area (Å²) < 4.78 is 10.5. The van der Waals surface area contributed by atoms with Crippen molar-refractivity contribution in [1.82, 2.24) is 10.2 Å². The van der Waals surface area contributed by atoms with E-state index in [1.807, 2.05) is 55.5 Å². The number of rotatable bonds is 11. The maximum atomic E-state index is 13.1. The smallest absolute Gasteiger partial charge is 0.242 e. The fraction of sp³-hybridized carbons (Fsp3) is 0.391. The van der Waals surface area contributed by atoms with E-state index in [0.29, 0.717) is 24.5 Å². The molecule has 0 aliphatic heterocycles. The zero-order valence-corrected chi connectivity index (χ0v) is 18.8. The molecule has 0 unspecified atom stereocenters. The monoisotopic (exact) mass is 430 g/mol. The van der Waals surface area contributed by atoms with E-state index in [4.69, 9.17) is 9.47 Å². The molecule has 0 spiro atoms. The molecule has 30 heavy (non-hydrogen) atoms. The molecule has 2 aromatic carbocycles. The van der Waals surface area contributed by atoms with Crippen LogP contribution in [0.15, 0.2) is 48.5 Å². The molecule has 162 valence electrons. The predicted molar refractivity (Wildman–Crippen MR) is 121 cm³/mol. The molecule has 1 N–H and O–H groups in total. The van der Waals surface area contributed by atoms with E-state index in [9.17, 15) is 9.59 Å². The van der Waals surface area contributed by atoms with Crippen molar-refractivity contribution < 1.29 is 19.1 Å². The van der Waals surface area contributed by atoms with E-state index >= 15 is 0 Å². The van der Waals surface area contributed by atoms with Crippen LogP contribution >= 0.6 is 11.8 Å². The van der Waals surface area contributed by atoms with Gasteiger partial charge in [0.1, 0.15) is 17.5 Å². The second-order valence-corrected chi connectivity index (χ2v) is 7.74. The summed E-state index contributed by atoms with van der Waals surface area (Å²) in [7, 11) is 4.84. The van der Waals surface area contributed by atoms with Gasteiger partial charge in [-0.3, -0.25) is 9.59 Å². The normalized spacial score (nSPS) is 11.5. The van der Waals surface area contributed by atoms with E-state index in [2.05, 4.69) is 5.32 Å². The summed E-state index contributed by atoms with van der Waals surface area (Å²) in [6, 6.07) is 14.8. The summed E-state index contributed by atoms with van der Waals surface area (Å²) in [6.07, 6.45) is 0.540. The van der Waals surface area contributed by atoms with Gasteiger partial charge in [-0.2, -0.15) is 0 Å². The van der Waals surface area contributed by atoms with Crippen LogP contribution in [0.1, 0.15) is 24.5 Å². The van der Waals surface area contributed by atoms with Gasteiger partial charge in [0, 0.05) is 19.3 Å². The van der Waals surface area contributed by atoms with Crippen molar-refractivity contribution >= 4 is 23.6 Å². The van der Waals surface area contributed by atoms with Crippen molar-refractivity contribution in [3.63, 3.8) is 0 Å². The van der Waals surface area contributed by atoms with Crippen LogP contribution < -0.4 is 14.8 Å². The lowest BCUT2D eigenvalue weighted by molar-refractivity contribution is -0.139. The Morgan fingerprint density at radius 2 is 1.73 bits per heavy atom. The molecule has 2 aromatic rings. The van der Waals surface area contributed by atoms with Crippen LogP contribution in [0.3, 0.4) is 0 Å². The second kappa shape index (κ2) is 12.1. The molecule has 0 fully saturated rings. The number of methoxy groups -OCH3 is 2. The Labute approximate surface area is 182 Å². The summed E-state index contributed by atoms with van der Waals surface area (Å²) in [5.41, 5.74) is 2.04. The molecule has 1 atom stereocenters. The van der Waals surface area contributed by atoms with Crippen LogP contribution in [-0.4, -0.2) is 49.8 Å². The Morgan fingerprint density at radius 3 is 2.33 bits per heavy atom. The fourth-order valence-electron chi connectivity index (χ4n) is 3.11. The highest BCUT2D eigenvalue weighted by Gasteiger charge is 2.27. The van der Waals surface area contributed by atoms with Gasteiger partial charge in [-0.05, 0) is 41.8 Å². The van der Waals surface area contributed by atoms with Crippen molar-refractivity contribution in [1.29, 1.82) is 0 Å². The molecule has 6 nitrogen and oxygen atoms in total. The summed E-state index contributed by atoms with van der Waals surface area (Å²) >= 11 is 1.53. The summed E-state index contributed by atoms with van der Waals surface area (Å²) in [5.74, 6) is 2.31. The number of carbonyl (C=O) groups excluding carboxylic acids is 2. The summed E-state index contributed by atoms with van der Waals surface area (Å²) in [5, 5.41) is 2.68. The maximum Gasteiger partial charge on any atom is 0.242 e. The van der Waals surface area contributed by atoms with E-state index in [0.717, 1.165) is 22.6 Å². The predicted octanol–water partition coefficient (Wildman–Crippen LogP) is 3.49. The number of amides is 2. The molecule has 0 aliphatic rings. The highest BCUT2D eigenvalue weighted by atomic mass is 32.2. The van der Waals surface area contributed by atoms with Gasteiger partial charge in [-0.1, -0.05) is 31.2 Å². The van der Waals surface area contributed by atoms with Crippen LogP contribution in [0.5, 0.6) is 11.5 Å². The van der Waals surface area contributed by atoms with Gasteiger partial charge in [0.2, 0.25) is 11.8 Å². The first-order valence-electron chi connectivity index (χ1n) is 9.87. The Hall–Kier alpha value is -2.67. The van der Waals surface area contributed by atoms with Crippen LogP contribution in [-0.2, 0) is 21.9 Å². The third-order valence-electron chi connectivity index (χ3n) is 4.77.